The van der Waals surface area contributed by atoms with E-state index in [0.29, 0.717) is 5.69 Å². The highest BCUT2D eigenvalue weighted by Crippen LogP contribution is 2.26. The molecule has 7 nitrogen and oxygen atoms in total. The molecule has 0 unspecified atom stereocenters. The van der Waals surface area contributed by atoms with Crippen LogP contribution in [-0.2, 0) is 10.0 Å². The van der Waals surface area contributed by atoms with E-state index < -0.39 is 15.9 Å². The molecular weight excluding hydrogens is 292 g/mol. The Morgan fingerprint density at radius 2 is 2.00 bits per heavy atom. The molecular formula is C13H14N4O3S. The second-order valence-electron chi connectivity index (χ2n) is 4.30. The van der Waals surface area contributed by atoms with Crippen molar-refractivity contribution in [2.75, 3.05) is 17.1 Å². The van der Waals surface area contributed by atoms with Crippen molar-refractivity contribution in [1.82, 2.24) is 4.98 Å². The Bertz CT molecular complexity index is 775. The Balaban J connectivity index is 2.47. The predicted octanol–water partition coefficient (Wildman–Crippen LogP) is 0.588. The van der Waals surface area contributed by atoms with Crippen LogP contribution >= 0.6 is 0 Å². The Morgan fingerprint density at radius 1 is 1.29 bits per heavy atom. The molecule has 21 heavy (non-hydrogen) atoms. The maximum Gasteiger partial charge on any atom is 0.266 e. The number of primary amides is 1. The fraction of sp³-hybridized carbons (Fsp3) is 0.0769. The lowest BCUT2D eigenvalue weighted by molar-refractivity contribution is 0.1000. The van der Waals surface area contributed by atoms with Crippen LogP contribution in [-0.4, -0.2) is 26.4 Å². The minimum Gasteiger partial charge on any atom is -0.398 e. The number of sulfonamides is 1. The van der Waals surface area contributed by atoms with Gasteiger partial charge in [-0.25, -0.2) is 8.42 Å². The highest BCUT2D eigenvalue weighted by atomic mass is 32.2. The van der Waals surface area contributed by atoms with Crippen molar-refractivity contribution in [2.24, 2.45) is 5.73 Å². The molecule has 0 fully saturated rings. The quantitative estimate of drug-likeness (QED) is 0.801. The lowest BCUT2D eigenvalue weighted by atomic mass is 10.2. The van der Waals surface area contributed by atoms with Gasteiger partial charge in [0.15, 0.2) is 0 Å². The average molecular weight is 306 g/mol. The molecule has 1 aromatic carbocycles. The monoisotopic (exact) mass is 306 g/mol. The molecule has 110 valence electrons. The summed E-state index contributed by atoms with van der Waals surface area (Å²) in [5.74, 6) is -0.675. The summed E-state index contributed by atoms with van der Waals surface area (Å²) >= 11 is 0. The summed E-state index contributed by atoms with van der Waals surface area (Å²) in [4.78, 5) is 14.8. The van der Waals surface area contributed by atoms with Gasteiger partial charge < -0.3 is 11.5 Å². The molecule has 0 aliphatic rings. The van der Waals surface area contributed by atoms with Gasteiger partial charge in [-0.2, -0.15) is 0 Å². The number of carbonyl (C=O) groups is 1. The molecule has 2 rings (SSSR count). The van der Waals surface area contributed by atoms with E-state index in [-0.39, 0.29) is 16.1 Å². The Morgan fingerprint density at radius 3 is 2.52 bits per heavy atom. The van der Waals surface area contributed by atoms with Crippen molar-refractivity contribution in [3.05, 3.63) is 48.3 Å². The van der Waals surface area contributed by atoms with E-state index in [2.05, 4.69) is 4.98 Å². The van der Waals surface area contributed by atoms with Crippen LogP contribution in [0.25, 0.3) is 0 Å². The number of rotatable bonds is 4. The largest absolute Gasteiger partial charge is 0.398 e. The highest BCUT2D eigenvalue weighted by molar-refractivity contribution is 7.93. The number of hydrogen-bond acceptors (Lipinski definition) is 5. The zero-order valence-electron chi connectivity index (χ0n) is 11.2. The second-order valence-corrected chi connectivity index (χ2v) is 6.24. The van der Waals surface area contributed by atoms with Gasteiger partial charge >= 0.3 is 0 Å². The van der Waals surface area contributed by atoms with Crippen LogP contribution in [0.2, 0.25) is 0 Å². The summed E-state index contributed by atoms with van der Waals surface area (Å²) < 4.78 is 26.1. The maximum absolute atomic E-state index is 12.5. The van der Waals surface area contributed by atoms with Crippen molar-refractivity contribution in [2.45, 2.75) is 4.90 Å². The van der Waals surface area contributed by atoms with Crippen LogP contribution in [0.3, 0.4) is 0 Å². The smallest absolute Gasteiger partial charge is 0.266 e. The number of nitrogens with zero attached hydrogens (tertiary/aromatic N) is 2. The number of pyridine rings is 1. The molecule has 1 amide bonds. The number of nitrogen functional groups attached to an aromatic ring is 1. The van der Waals surface area contributed by atoms with Crippen molar-refractivity contribution in [3.8, 4) is 0 Å². The molecule has 0 radical (unpaired) electrons. The Labute approximate surface area is 122 Å². The predicted molar refractivity (Wildman–Crippen MR) is 79.2 cm³/mol. The molecule has 0 aliphatic carbocycles. The van der Waals surface area contributed by atoms with E-state index in [9.17, 15) is 13.2 Å². The van der Waals surface area contributed by atoms with E-state index in [1.54, 1.807) is 18.3 Å². The molecule has 0 saturated heterocycles. The normalized spacial score (nSPS) is 11.1. The number of anilines is 2. The van der Waals surface area contributed by atoms with E-state index in [1.165, 1.54) is 31.4 Å². The zero-order chi connectivity index (χ0) is 15.6. The number of aromatic nitrogens is 1. The lowest BCUT2D eigenvalue weighted by Gasteiger charge is -2.20. The van der Waals surface area contributed by atoms with Gasteiger partial charge in [-0.15, -0.1) is 0 Å². The first-order valence-electron chi connectivity index (χ1n) is 5.92. The van der Waals surface area contributed by atoms with Crippen molar-refractivity contribution >= 4 is 27.3 Å². The number of amides is 1. The molecule has 0 saturated carbocycles. The minimum atomic E-state index is -3.85. The summed E-state index contributed by atoms with van der Waals surface area (Å²) in [5, 5.41) is 0. The Hall–Kier alpha value is -2.61. The third kappa shape index (κ3) is 2.79. The minimum absolute atomic E-state index is 0.0398. The third-order valence-electron chi connectivity index (χ3n) is 2.94. The van der Waals surface area contributed by atoms with Gasteiger partial charge in [0.05, 0.1) is 17.6 Å². The molecule has 0 aliphatic heterocycles. The third-order valence-corrected chi connectivity index (χ3v) is 4.80. The molecule has 0 atom stereocenters. The van der Waals surface area contributed by atoms with Crippen LogP contribution in [0, 0.1) is 0 Å². The van der Waals surface area contributed by atoms with E-state index in [4.69, 9.17) is 11.5 Å². The maximum atomic E-state index is 12.5. The fourth-order valence-electron chi connectivity index (χ4n) is 1.76. The van der Waals surface area contributed by atoms with Gasteiger partial charge in [-0.05, 0) is 30.3 Å². The first-order chi connectivity index (χ1) is 9.84. The van der Waals surface area contributed by atoms with Crippen LogP contribution in [0.1, 0.15) is 10.4 Å². The van der Waals surface area contributed by atoms with E-state index >= 15 is 0 Å². The molecule has 0 spiro atoms. The van der Waals surface area contributed by atoms with Crippen molar-refractivity contribution in [1.29, 1.82) is 0 Å². The van der Waals surface area contributed by atoms with Gasteiger partial charge in [-0.1, -0.05) is 0 Å². The zero-order valence-corrected chi connectivity index (χ0v) is 12.0. The van der Waals surface area contributed by atoms with E-state index in [1.807, 2.05) is 0 Å². The van der Waals surface area contributed by atoms with Crippen molar-refractivity contribution < 1.29 is 13.2 Å². The molecule has 2 aromatic rings. The summed E-state index contributed by atoms with van der Waals surface area (Å²) in [6.45, 7) is 0. The topological polar surface area (TPSA) is 119 Å². The summed E-state index contributed by atoms with van der Waals surface area (Å²) in [6, 6.07) is 7.06. The van der Waals surface area contributed by atoms with Gasteiger partial charge in [0.25, 0.3) is 10.0 Å². The SMILES string of the molecule is CN(c1cccnc1)S(=O)(=O)c1ccc(C(N)=O)cc1N. The fourth-order valence-corrected chi connectivity index (χ4v) is 3.04. The van der Waals surface area contributed by atoms with Crippen LogP contribution in [0.15, 0.2) is 47.6 Å². The van der Waals surface area contributed by atoms with Gasteiger partial charge in [-0.3, -0.25) is 14.1 Å². The van der Waals surface area contributed by atoms with Crippen LogP contribution < -0.4 is 15.8 Å². The van der Waals surface area contributed by atoms with Crippen LogP contribution in [0.5, 0.6) is 0 Å². The van der Waals surface area contributed by atoms with Crippen molar-refractivity contribution in [3.63, 3.8) is 0 Å². The first kappa shape index (κ1) is 14.8. The summed E-state index contributed by atoms with van der Waals surface area (Å²) in [7, 11) is -2.45. The van der Waals surface area contributed by atoms with Gasteiger partial charge in [0, 0.05) is 18.8 Å². The second kappa shape index (κ2) is 5.41. The van der Waals surface area contributed by atoms with Gasteiger partial charge in [0.2, 0.25) is 5.91 Å². The summed E-state index contributed by atoms with van der Waals surface area (Å²) in [6.07, 6.45) is 2.96. The molecule has 1 heterocycles. The van der Waals surface area contributed by atoms with Crippen LogP contribution in [0.4, 0.5) is 11.4 Å². The summed E-state index contributed by atoms with van der Waals surface area (Å²) in [5.41, 5.74) is 11.4. The number of carbonyl (C=O) groups excluding carboxylic acids is 1. The first-order valence-corrected chi connectivity index (χ1v) is 7.36. The number of hydrogen-bond donors (Lipinski definition) is 2. The average Bonchev–Trinajstić information content (AvgIpc) is 2.46. The molecule has 4 N–H and O–H groups in total. The lowest BCUT2D eigenvalue weighted by Crippen LogP contribution is -2.27. The molecule has 1 aromatic heterocycles. The van der Waals surface area contributed by atoms with Gasteiger partial charge in [0.1, 0.15) is 4.90 Å². The number of benzene rings is 1. The Kier molecular flexibility index (Phi) is 3.81. The standard InChI is InChI=1S/C13H14N4O3S/c1-17(10-3-2-6-16-8-10)21(19,20)12-5-4-9(13(15)18)7-11(12)14/h2-8H,14H2,1H3,(H2,15,18). The number of nitrogens with two attached hydrogens (primary N) is 2. The molecule has 8 heteroatoms. The highest BCUT2D eigenvalue weighted by Gasteiger charge is 2.24. The van der Waals surface area contributed by atoms with E-state index in [0.717, 1.165) is 4.31 Å². The molecule has 0 bridgehead atoms.